The fourth-order valence-corrected chi connectivity index (χ4v) is 3.79. The fourth-order valence-electron chi connectivity index (χ4n) is 3.54. The maximum absolute atomic E-state index is 13.0. The molecule has 2 rings (SSSR count). The molecule has 0 aromatic rings. The minimum Gasteiger partial charge on any atom is -0.356 e. The van der Waals surface area contributed by atoms with Crippen molar-refractivity contribution in [2.75, 3.05) is 6.54 Å². The van der Waals surface area contributed by atoms with Gasteiger partial charge in [0.15, 0.2) is 0 Å². The first kappa shape index (κ1) is 16.9. The van der Waals surface area contributed by atoms with Gasteiger partial charge in [0.25, 0.3) is 0 Å². The first-order valence-electron chi connectivity index (χ1n) is 7.86. The van der Waals surface area contributed by atoms with Crippen LogP contribution in [-0.2, 0) is 4.79 Å². The number of alkyl halides is 4. The molecule has 2 nitrogen and oxygen atoms in total. The van der Waals surface area contributed by atoms with Crippen LogP contribution in [0.2, 0.25) is 0 Å². The number of rotatable bonds is 3. The Hall–Kier alpha value is -0.450. The van der Waals surface area contributed by atoms with Crippen molar-refractivity contribution in [3.05, 3.63) is 0 Å². The van der Waals surface area contributed by atoms with Gasteiger partial charge in [-0.25, -0.2) is 0 Å². The average molecular weight is 326 g/mol. The number of nitrogens with one attached hydrogen (secondary N) is 1. The molecule has 0 bridgehead atoms. The second kappa shape index (κ2) is 7.21. The van der Waals surface area contributed by atoms with E-state index in [1.807, 2.05) is 0 Å². The average Bonchev–Trinajstić information content (AvgIpc) is 2.45. The molecular weight excluding hydrogens is 303 g/mol. The number of carbonyl (C=O) groups is 1. The van der Waals surface area contributed by atoms with Crippen molar-refractivity contribution >= 4 is 17.5 Å². The molecule has 21 heavy (non-hydrogen) atoms. The molecule has 0 spiro atoms. The highest BCUT2D eigenvalue weighted by Crippen LogP contribution is 2.41. The number of amides is 1. The van der Waals surface area contributed by atoms with Gasteiger partial charge >= 0.3 is 6.18 Å². The van der Waals surface area contributed by atoms with Crippen LogP contribution in [0.1, 0.15) is 51.4 Å². The van der Waals surface area contributed by atoms with Crippen LogP contribution in [0.4, 0.5) is 13.2 Å². The van der Waals surface area contributed by atoms with Gasteiger partial charge in [0.1, 0.15) is 0 Å². The Kier molecular flexibility index (Phi) is 5.81. The molecule has 2 atom stereocenters. The predicted octanol–water partition coefficient (Wildman–Crippen LogP) is 4.27. The summed E-state index contributed by atoms with van der Waals surface area (Å²) in [5.41, 5.74) is 0. The molecule has 122 valence electrons. The van der Waals surface area contributed by atoms with Crippen LogP contribution in [0.5, 0.6) is 0 Å². The second-order valence-corrected chi connectivity index (χ2v) is 7.02. The van der Waals surface area contributed by atoms with E-state index in [1.165, 1.54) is 0 Å². The maximum Gasteiger partial charge on any atom is 0.392 e. The summed E-state index contributed by atoms with van der Waals surface area (Å²) in [4.78, 5) is 12.1. The Labute approximate surface area is 128 Å². The molecular formula is C15H23ClF3NO. The minimum absolute atomic E-state index is 0.0823. The summed E-state index contributed by atoms with van der Waals surface area (Å²) in [7, 11) is 0. The number of hydrogen-bond acceptors (Lipinski definition) is 1. The van der Waals surface area contributed by atoms with Crippen molar-refractivity contribution in [3.8, 4) is 0 Å². The Balaban J connectivity index is 1.83. The van der Waals surface area contributed by atoms with Crippen LogP contribution in [0, 0.1) is 17.8 Å². The van der Waals surface area contributed by atoms with E-state index >= 15 is 0 Å². The monoisotopic (exact) mass is 325 g/mol. The zero-order valence-electron chi connectivity index (χ0n) is 12.1. The van der Waals surface area contributed by atoms with Crippen molar-refractivity contribution in [1.82, 2.24) is 5.32 Å². The van der Waals surface area contributed by atoms with Gasteiger partial charge < -0.3 is 5.32 Å². The van der Waals surface area contributed by atoms with E-state index in [-0.39, 0.29) is 11.8 Å². The largest absolute Gasteiger partial charge is 0.392 e. The highest BCUT2D eigenvalue weighted by molar-refractivity contribution is 6.20. The lowest BCUT2D eigenvalue weighted by molar-refractivity contribution is -0.198. The molecule has 2 unspecified atom stereocenters. The highest BCUT2D eigenvalue weighted by atomic mass is 35.5. The summed E-state index contributed by atoms with van der Waals surface area (Å²) < 4.78 is 39.0. The first-order chi connectivity index (χ1) is 9.88. The van der Waals surface area contributed by atoms with Crippen LogP contribution >= 0.6 is 11.6 Å². The molecule has 0 radical (unpaired) electrons. The van der Waals surface area contributed by atoms with E-state index in [0.717, 1.165) is 25.7 Å². The van der Waals surface area contributed by atoms with Crippen LogP contribution in [0.15, 0.2) is 0 Å². The molecule has 0 saturated heterocycles. The molecule has 2 aliphatic rings. The second-order valence-electron chi connectivity index (χ2n) is 6.40. The van der Waals surface area contributed by atoms with Crippen LogP contribution < -0.4 is 5.32 Å². The normalized spacial score (nSPS) is 34.5. The number of halogens is 4. The molecule has 2 fully saturated rings. The van der Waals surface area contributed by atoms with Gasteiger partial charge in [0, 0.05) is 17.8 Å². The molecule has 0 heterocycles. The quantitative estimate of drug-likeness (QED) is 0.771. The fraction of sp³-hybridized carbons (Fsp3) is 0.933. The molecule has 0 aliphatic heterocycles. The maximum atomic E-state index is 13.0. The molecule has 0 aromatic heterocycles. The summed E-state index contributed by atoms with van der Waals surface area (Å²) in [5.74, 6) is -2.42. The van der Waals surface area contributed by atoms with E-state index in [1.54, 1.807) is 0 Å². The standard InChI is InChI=1S/C15H23ClF3NO/c16-11-7-5-10(6-8-11)9-20-14(21)12-3-1-2-4-13(12)15(17,18)19/h10-13H,1-9H2,(H,20,21). The summed E-state index contributed by atoms with van der Waals surface area (Å²) in [6.45, 7) is 0.490. The van der Waals surface area contributed by atoms with Crippen molar-refractivity contribution in [2.24, 2.45) is 17.8 Å². The van der Waals surface area contributed by atoms with E-state index in [0.29, 0.717) is 31.7 Å². The molecule has 1 amide bonds. The Morgan fingerprint density at radius 3 is 2.29 bits per heavy atom. The summed E-state index contributed by atoms with van der Waals surface area (Å²) in [6.07, 6.45) is 1.19. The van der Waals surface area contributed by atoms with E-state index in [9.17, 15) is 18.0 Å². The third-order valence-corrected chi connectivity index (χ3v) is 5.30. The lowest BCUT2D eigenvalue weighted by Gasteiger charge is -2.32. The van der Waals surface area contributed by atoms with Gasteiger partial charge in [0.2, 0.25) is 5.91 Å². The SMILES string of the molecule is O=C(NCC1CCC(Cl)CC1)C1CCCCC1C(F)(F)F. The number of carbonyl (C=O) groups excluding carboxylic acids is 1. The lowest BCUT2D eigenvalue weighted by atomic mass is 9.78. The highest BCUT2D eigenvalue weighted by Gasteiger charge is 2.48. The molecule has 1 N–H and O–H groups in total. The van der Waals surface area contributed by atoms with Crippen molar-refractivity contribution in [1.29, 1.82) is 0 Å². The first-order valence-corrected chi connectivity index (χ1v) is 8.30. The smallest absolute Gasteiger partial charge is 0.356 e. The van der Waals surface area contributed by atoms with Gasteiger partial charge in [-0.3, -0.25) is 4.79 Å². The van der Waals surface area contributed by atoms with E-state index < -0.39 is 23.9 Å². The summed E-state index contributed by atoms with van der Waals surface area (Å²) >= 11 is 6.02. The summed E-state index contributed by atoms with van der Waals surface area (Å²) in [6, 6.07) is 0. The molecule has 2 aliphatic carbocycles. The molecule has 6 heteroatoms. The zero-order valence-corrected chi connectivity index (χ0v) is 12.8. The number of hydrogen-bond donors (Lipinski definition) is 1. The topological polar surface area (TPSA) is 29.1 Å². The van der Waals surface area contributed by atoms with Crippen LogP contribution in [-0.4, -0.2) is 24.0 Å². The van der Waals surface area contributed by atoms with E-state index in [4.69, 9.17) is 11.6 Å². The Bertz CT molecular complexity index is 353. The Morgan fingerprint density at radius 1 is 1.05 bits per heavy atom. The van der Waals surface area contributed by atoms with Crippen LogP contribution in [0.25, 0.3) is 0 Å². The van der Waals surface area contributed by atoms with Crippen molar-refractivity contribution in [3.63, 3.8) is 0 Å². The zero-order chi connectivity index (χ0) is 15.5. The Morgan fingerprint density at radius 2 is 1.67 bits per heavy atom. The molecule has 2 saturated carbocycles. The van der Waals surface area contributed by atoms with Crippen LogP contribution in [0.3, 0.4) is 0 Å². The van der Waals surface area contributed by atoms with Gasteiger partial charge in [-0.05, 0) is 44.4 Å². The van der Waals surface area contributed by atoms with Gasteiger partial charge in [-0.1, -0.05) is 12.8 Å². The third-order valence-electron chi connectivity index (χ3n) is 4.86. The third kappa shape index (κ3) is 4.76. The van der Waals surface area contributed by atoms with E-state index in [2.05, 4.69) is 5.32 Å². The lowest BCUT2D eigenvalue weighted by Crippen LogP contribution is -2.44. The van der Waals surface area contributed by atoms with Gasteiger partial charge in [-0.2, -0.15) is 13.2 Å². The van der Waals surface area contributed by atoms with Gasteiger partial charge in [0.05, 0.1) is 5.92 Å². The predicted molar refractivity (Wildman–Crippen MR) is 76.1 cm³/mol. The van der Waals surface area contributed by atoms with Crippen molar-refractivity contribution in [2.45, 2.75) is 62.9 Å². The summed E-state index contributed by atoms with van der Waals surface area (Å²) in [5, 5.41) is 2.97. The molecule has 0 aromatic carbocycles. The van der Waals surface area contributed by atoms with Gasteiger partial charge in [-0.15, -0.1) is 11.6 Å². The minimum atomic E-state index is -4.26. The van der Waals surface area contributed by atoms with Crippen molar-refractivity contribution < 1.29 is 18.0 Å².